The van der Waals surface area contributed by atoms with Crippen molar-refractivity contribution in [2.24, 2.45) is 0 Å². The number of rotatable bonds is 4. The first-order valence-corrected chi connectivity index (χ1v) is 4.59. The summed E-state index contributed by atoms with van der Waals surface area (Å²) in [6, 6.07) is 0. The Morgan fingerprint density at radius 3 is 2.80 bits per heavy atom. The molecule has 15 heavy (non-hydrogen) atoms. The summed E-state index contributed by atoms with van der Waals surface area (Å²) in [7, 11) is 0. The maximum Gasteiger partial charge on any atom is 0.330 e. The molecule has 0 saturated carbocycles. The summed E-state index contributed by atoms with van der Waals surface area (Å²) in [4.78, 5) is 24.9. The zero-order valence-corrected chi connectivity index (χ0v) is 8.54. The topological polar surface area (TPSA) is 92.9 Å². The van der Waals surface area contributed by atoms with Gasteiger partial charge in [0.25, 0.3) is 5.56 Å². The first-order chi connectivity index (χ1) is 7.11. The largest absolute Gasteiger partial charge is 0.383 e. The van der Waals surface area contributed by atoms with Gasteiger partial charge in [-0.15, -0.1) is 6.58 Å². The van der Waals surface area contributed by atoms with E-state index >= 15 is 0 Å². The zero-order chi connectivity index (χ0) is 11.4. The van der Waals surface area contributed by atoms with Gasteiger partial charge in [0.05, 0.1) is 0 Å². The fraction of sp³-hybridized carbons (Fsp3) is 0.333. The molecule has 0 spiro atoms. The maximum atomic E-state index is 11.4. The van der Waals surface area contributed by atoms with Crippen LogP contribution in [0.25, 0.3) is 0 Å². The minimum atomic E-state index is -0.510. The summed E-state index contributed by atoms with van der Waals surface area (Å²) in [6.45, 7) is 6.10. The number of hydrogen-bond acceptors (Lipinski definition) is 4. The van der Waals surface area contributed by atoms with E-state index in [2.05, 4.69) is 16.9 Å². The molecular formula is C9H14N4O2. The van der Waals surface area contributed by atoms with Crippen molar-refractivity contribution in [3.8, 4) is 0 Å². The van der Waals surface area contributed by atoms with Crippen LogP contribution in [-0.4, -0.2) is 16.1 Å². The number of nitrogens with one attached hydrogen (secondary N) is 2. The number of aromatic nitrogens is 2. The monoisotopic (exact) mass is 210 g/mol. The van der Waals surface area contributed by atoms with Crippen molar-refractivity contribution in [3.63, 3.8) is 0 Å². The number of nitrogens with two attached hydrogens (primary N) is 1. The van der Waals surface area contributed by atoms with E-state index in [0.29, 0.717) is 13.1 Å². The second kappa shape index (κ2) is 4.50. The van der Waals surface area contributed by atoms with E-state index in [4.69, 9.17) is 5.73 Å². The Labute approximate surface area is 86.4 Å². The molecule has 4 N–H and O–H groups in total. The summed E-state index contributed by atoms with van der Waals surface area (Å²) in [6.07, 6.45) is 1.60. The third-order valence-corrected chi connectivity index (χ3v) is 1.98. The van der Waals surface area contributed by atoms with Gasteiger partial charge in [-0.25, -0.2) is 4.79 Å². The molecule has 0 amide bonds. The molecule has 0 aliphatic heterocycles. The minimum absolute atomic E-state index is 0.146. The Morgan fingerprint density at radius 1 is 1.60 bits per heavy atom. The predicted octanol–water partition coefficient (Wildman–Crippen LogP) is -0.263. The quantitative estimate of drug-likeness (QED) is 0.597. The number of nitrogen functional groups attached to an aromatic ring is 1. The molecule has 6 nitrogen and oxygen atoms in total. The standard InChI is InChI=1S/C9H14N4O2/c1-3-5-11-6-7(10)13(4-2)9(15)12-8(6)14/h3,11H,1,4-5,10H2,2H3,(H,12,14,15). The van der Waals surface area contributed by atoms with Gasteiger partial charge in [0.15, 0.2) is 0 Å². The van der Waals surface area contributed by atoms with Crippen LogP contribution in [0.3, 0.4) is 0 Å². The van der Waals surface area contributed by atoms with Crippen LogP contribution in [0.5, 0.6) is 0 Å². The smallest absolute Gasteiger partial charge is 0.330 e. The third kappa shape index (κ3) is 2.09. The SMILES string of the molecule is C=CCNc1c(N)n(CC)c(=O)[nH]c1=O. The van der Waals surface area contributed by atoms with Gasteiger partial charge >= 0.3 is 5.69 Å². The second-order valence-corrected chi connectivity index (χ2v) is 2.93. The summed E-state index contributed by atoms with van der Waals surface area (Å²) in [5.74, 6) is 0.146. The van der Waals surface area contributed by atoms with Gasteiger partial charge in [0, 0.05) is 13.1 Å². The number of H-pyrrole nitrogens is 1. The first kappa shape index (κ1) is 11.1. The normalized spacial score (nSPS) is 9.93. The minimum Gasteiger partial charge on any atom is -0.383 e. The maximum absolute atomic E-state index is 11.4. The van der Waals surface area contributed by atoms with Crippen molar-refractivity contribution < 1.29 is 0 Å². The highest BCUT2D eigenvalue weighted by Gasteiger charge is 2.09. The molecule has 0 atom stereocenters. The molecule has 1 aromatic rings. The van der Waals surface area contributed by atoms with Gasteiger partial charge in [-0.2, -0.15) is 0 Å². The molecule has 0 fully saturated rings. The van der Waals surface area contributed by atoms with E-state index < -0.39 is 11.2 Å². The third-order valence-electron chi connectivity index (χ3n) is 1.98. The van der Waals surface area contributed by atoms with E-state index in [1.54, 1.807) is 13.0 Å². The first-order valence-electron chi connectivity index (χ1n) is 4.59. The van der Waals surface area contributed by atoms with Gasteiger partial charge in [-0.3, -0.25) is 14.3 Å². The van der Waals surface area contributed by atoms with Crippen LogP contribution >= 0.6 is 0 Å². The molecule has 0 bridgehead atoms. The fourth-order valence-corrected chi connectivity index (χ4v) is 1.25. The molecule has 0 aromatic carbocycles. The number of anilines is 2. The highest BCUT2D eigenvalue weighted by atomic mass is 16.2. The molecule has 0 radical (unpaired) electrons. The molecule has 1 heterocycles. The molecule has 0 unspecified atom stereocenters. The zero-order valence-electron chi connectivity index (χ0n) is 8.54. The van der Waals surface area contributed by atoms with Crippen molar-refractivity contribution in [2.45, 2.75) is 13.5 Å². The lowest BCUT2D eigenvalue weighted by atomic mass is 10.4. The van der Waals surface area contributed by atoms with E-state index in [-0.39, 0.29) is 11.5 Å². The lowest BCUT2D eigenvalue weighted by Crippen LogP contribution is -2.33. The Balaban J connectivity index is 3.32. The number of hydrogen-bond donors (Lipinski definition) is 3. The molecule has 6 heteroatoms. The van der Waals surface area contributed by atoms with Crippen LogP contribution in [-0.2, 0) is 6.54 Å². The van der Waals surface area contributed by atoms with Gasteiger partial charge in [-0.1, -0.05) is 6.08 Å². The van der Waals surface area contributed by atoms with Crippen molar-refractivity contribution in [1.29, 1.82) is 0 Å². The van der Waals surface area contributed by atoms with Gasteiger partial charge in [0.1, 0.15) is 11.5 Å². The Morgan fingerprint density at radius 2 is 2.27 bits per heavy atom. The van der Waals surface area contributed by atoms with Gasteiger partial charge < -0.3 is 11.1 Å². The molecule has 0 aliphatic carbocycles. The molecule has 82 valence electrons. The van der Waals surface area contributed by atoms with Gasteiger partial charge in [0.2, 0.25) is 0 Å². The second-order valence-electron chi connectivity index (χ2n) is 2.93. The molecule has 1 rings (SSSR count). The van der Waals surface area contributed by atoms with Crippen molar-refractivity contribution in [1.82, 2.24) is 9.55 Å². The lowest BCUT2D eigenvalue weighted by molar-refractivity contribution is 0.706. The lowest BCUT2D eigenvalue weighted by Gasteiger charge is -2.10. The Hall–Kier alpha value is -1.98. The molecule has 0 aliphatic rings. The van der Waals surface area contributed by atoms with E-state index in [1.165, 1.54) is 4.57 Å². The van der Waals surface area contributed by atoms with Crippen molar-refractivity contribution >= 4 is 11.5 Å². The van der Waals surface area contributed by atoms with Crippen LogP contribution in [0.15, 0.2) is 22.2 Å². The van der Waals surface area contributed by atoms with E-state index in [1.807, 2.05) is 0 Å². The predicted molar refractivity (Wildman–Crippen MR) is 60.1 cm³/mol. The van der Waals surface area contributed by atoms with Crippen LogP contribution < -0.4 is 22.3 Å². The molecule has 1 aromatic heterocycles. The van der Waals surface area contributed by atoms with E-state index in [9.17, 15) is 9.59 Å². The van der Waals surface area contributed by atoms with Crippen LogP contribution in [0.4, 0.5) is 11.5 Å². The Kier molecular flexibility index (Phi) is 3.33. The van der Waals surface area contributed by atoms with Crippen molar-refractivity contribution in [3.05, 3.63) is 33.5 Å². The van der Waals surface area contributed by atoms with E-state index in [0.717, 1.165) is 0 Å². The molecule has 0 saturated heterocycles. The average Bonchev–Trinajstić information content (AvgIpc) is 2.17. The fourth-order valence-electron chi connectivity index (χ4n) is 1.25. The van der Waals surface area contributed by atoms with Crippen LogP contribution in [0.2, 0.25) is 0 Å². The number of aromatic amines is 1. The van der Waals surface area contributed by atoms with Crippen LogP contribution in [0, 0.1) is 0 Å². The summed E-state index contributed by atoms with van der Waals surface area (Å²) in [5, 5.41) is 2.79. The average molecular weight is 210 g/mol. The summed E-state index contributed by atoms with van der Waals surface area (Å²) in [5.41, 5.74) is 4.88. The van der Waals surface area contributed by atoms with Gasteiger partial charge in [-0.05, 0) is 6.92 Å². The number of nitrogens with zero attached hydrogens (tertiary/aromatic N) is 1. The Bertz CT molecular complexity index is 472. The molecular weight excluding hydrogens is 196 g/mol. The summed E-state index contributed by atoms with van der Waals surface area (Å²) >= 11 is 0. The highest BCUT2D eigenvalue weighted by Crippen LogP contribution is 2.08. The van der Waals surface area contributed by atoms with Crippen molar-refractivity contribution in [2.75, 3.05) is 17.6 Å². The van der Waals surface area contributed by atoms with Crippen LogP contribution in [0.1, 0.15) is 6.92 Å². The highest BCUT2D eigenvalue weighted by molar-refractivity contribution is 5.60. The summed E-state index contributed by atoms with van der Waals surface area (Å²) < 4.78 is 1.28.